The standard InChI is InChI=1S/C29H36N2O7S/c1-34-15-14-31(29(33)24-10-9-22(35-2)18-26(24)37-4)20-28(32)30(19-23-7-6-16-39-23)13-12-21-8-11-25(36-3)27(17-21)38-5/h6-11,16-18H,12-15,19-20H2,1-5H3. The third-order valence-corrected chi connectivity index (χ3v) is 7.08. The number of thiophene rings is 1. The second kappa shape index (κ2) is 15.0. The predicted octanol–water partition coefficient (Wildman–Crippen LogP) is 4.14. The van der Waals surface area contributed by atoms with E-state index in [9.17, 15) is 9.59 Å². The molecule has 0 atom stereocenters. The van der Waals surface area contributed by atoms with Crippen LogP contribution in [0.3, 0.4) is 0 Å². The zero-order valence-electron chi connectivity index (χ0n) is 23.1. The lowest BCUT2D eigenvalue weighted by molar-refractivity contribution is -0.132. The van der Waals surface area contributed by atoms with Crippen LogP contribution in [0.25, 0.3) is 0 Å². The van der Waals surface area contributed by atoms with Crippen molar-refractivity contribution in [3.63, 3.8) is 0 Å². The summed E-state index contributed by atoms with van der Waals surface area (Å²) in [6.45, 7) is 1.34. The number of hydrogen-bond donors (Lipinski definition) is 0. The maximum atomic E-state index is 13.7. The Hall–Kier alpha value is -3.76. The molecule has 39 heavy (non-hydrogen) atoms. The third-order valence-electron chi connectivity index (χ3n) is 6.22. The Labute approximate surface area is 233 Å². The molecule has 0 unspecified atom stereocenters. The zero-order valence-corrected chi connectivity index (χ0v) is 23.9. The van der Waals surface area contributed by atoms with Crippen molar-refractivity contribution in [2.75, 3.05) is 61.8 Å². The Morgan fingerprint density at radius 3 is 2.21 bits per heavy atom. The van der Waals surface area contributed by atoms with E-state index in [2.05, 4.69) is 0 Å². The minimum Gasteiger partial charge on any atom is -0.497 e. The molecule has 10 heteroatoms. The Balaban J connectivity index is 1.81. The molecule has 0 saturated carbocycles. The second-order valence-corrected chi connectivity index (χ2v) is 9.65. The molecule has 0 spiro atoms. The highest BCUT2D eigenvalue weighted by Crippen LogP contribution is 2.28. The number of ether oxygens (including phenoxy) is 5. The van der Waals surface area contributed by atoms with E-state index in [1.165, 1.54) is 12.0 Å². The van der Waals surface area contributed by atoms with Crippen LogP contribution in [-0.2, 0) is 22.5 Å². The number of carbonyl (C=O) groups excluding carboxylic acids is 2. The fourth-order valence-electron chi connectivity index (χ4n) is 4.05. The molecule has 0 saturated heterocycles. The number of carbonyl (C=O) groups is 2. The Morgan fingerprint density at radius 1 is 0.795 bits per heavy atom. The number of methoxy groups -OCH3 is 5. The highest BCUT2D eigenvalue weighted by Gasteiger charge is 2.25. The summed E-state index contributed by atoms with van der Waals surface area (Å²) in [6.07, 6.45) is 0.607. The molecular formula is C29H36N2O7S. The second-order valence-electron chi connectivity index (χ2n) is 8.62. The van der Waals surface area contributed by atoms with Crippen molar-refractivity contribution in [3.05, 3.63) is 69.9 Å². The quantitative estimate of drug-likeness (QED) is 0.278. The average Bonchev–Trinajstić information content (AvgIpc) is 3.49. The van der Waals surface area contributed by atoms with Crippen LogP contribution >= 0.6 is 11.3 Å². The molecule has 0 fully saturated rings. The molecule has 1 aromatic heterocycles. The summed E-state index contributed by atoms with van der Waals surface area (Å²) in [6, 6.07) is 14.7. The van der Waals surface area contributed by atoms with Gasteiger partial charge in [-0.3, -0.25) is 9.59 Å². The summed E-state index contributed by atoms with van der Waals surface area (Å²) in [4.78, 5) is 31.6. The molecule has 0 radical (unpaired) electrons. The topological polar surface area (TPSA) is 86.8 Å². The highest BCUT2D eigenvalue weighted by molar-refractivity contribution is 7.09. The van der Waals surface area contributed by atoms with Crippen molar-refractivity contribution in [2.45, 2.75) is 13.0 Å². The molecule has 3 rings (SSSR count). The summed E-state index contributed by atoms with van der Waals surface area (Å²) in [5.74, 6) is 1.74. The van der Waals surface area contributed by atoms with E-state index >= 15 is 0 Å². The monoisotopic (exact) mass is 556 g/mol. The first-order chi connectivity index (χ1) is 18.9. The first kappa shape index (κ1) is 29.8. The molecule has 1 heterocycles. The van der Waals surface area contributed by atoms with Gasteiger partial charge >= 0.3 is 0 Å². The fourth-order valence-corrected chi connectivity index (χ4v) is 4.76. The molecule has 0 bridgehead atoms. The van der Waals surface area contributed by atoms with Crippen LogP contribution < -0.4 is 18.9 Å². The lowest BCUT2D eigenvalue weighted by Crippen LogP contribution is -2.44. The van der Waals surface area contributed by atoms with Crippen molar-refractivity contribution >= 4 is 23.2 Å². The molecule has 0 aliphatic heterocycles. The van der Waals surface area contributed by atoms with Gasteiger partial charge in [-0.15, -0.1) is 11.3 Å². The maximum Gasteiger partial charge on any atom is 0.258 e. The summed E-state index contributed by atoms with van der Waals surface area (Å²) < 4.78 is 26.7. The molecule has 2 aromatic carbocycles. The van der Waals surface area contributed by atoms with E-state index < -0.39 is 0 Å². The van der Waals surface area contributed by atoms with Crippen molar-refractivity contribution in [1.82, 2.24) is 9.80 Å². The van der Waals surface area contributed by atoms with Crippen LogP contribution in [0.2, 0.25) is 0 Å². The predicted molar refractivity (Wildman–Crippen MR) is 150 cm³/mol. The Kier molecular flexibility index (Phi) is 11.4. The van der Waals surface area contributed by atoms with Gasteiger partial charge in [0, 0.05) is 31.1 Å². The van der Waals surface area contributed by atoms with E-state index in [0.717, 1.165) is 10.4 Å². The van der Waals surface area contributed by atoms with Gasteiger partial charge in [-0.05, 0) is 47.7 Å². The van der Waals surface area contributed by atoms with Crippen molar-refractivity contribution < 1.29 is 33.3 Å². The van der Waals surface area contributed by atoms with Crippen molar-refractivity contribution in [3.8, 4) is 23.0 Å². The Bertz CT molecular complexity index is 1220. The van der Waals surface area contributed by atoms with Crippen LogP contribution in [0, 0.1) is 0 Å². The number of benzene rings is 2. The molecular weight excluding hydrogens is 520 g/mol. The van der Waals surface area contributed by atoms with Crippen LogP contribution in [-0.4, -0.2) is 83.4 Å². The number of nitrogens with zero attached hydrogens (tertiary/aromatic N) is 2. The molecule has 210 valence electrons. The number of amides is 2. The summed E-state index contributed by atoms with van der Waals surface area (Å²) >= 11 is 1.59. The highest BCUT2D eigenvalue weighted by atomic mass is 32.1. The smallest absolute Gasteiger partial charge is 0.258 e. The lowest BCUT2D eigenvalue weighted by Gasteiger charge is -2.28. The minimum absolute atomic E-state index is 0.102. The molecule has 3 aromatic rings. The maximum absolute atomic E-state index is 13.7. The Morgan fingerprint density at radius 2 is 1.56 bits per heavy atom. The molecule has 2 amide bonds. The largest absolute Gasteiger partial charge is 0.497 e. The molecule has 0 aliphatic carbocycles. The van der Waals surface area contributed by atoms with Gasteiger partial charge in [-0.25, -0.2) is 0 Å². The fraction of sp³-hybridized carbons (Fsp3) is 0.379. The van der Waals surface area contributed by atoms with Crippen LogP contribution in [0.1, 0.15) is 20.8 Å². The van der Waals surface area contributed by atoms with Crippen LogP contribution in [0.4, 0.5) is 0 Å². The summed E-state index contributed by atoms with van der Waals surface area (Å²) in [5, 5.41) is 1.98. The van der Waals surface area contributed by atoms with E-state index in [4.69, 9.17) is 23.7 Å². The number of rotatable bonds is 15. The van der Waals surface area contributed by atoms with E-state index in [1.54, 1.807) is 62.9 Å². The van der Waals surface area contributed by atoms with Crippen LogP contribution in [0.5, 0.6) is 23.0 Å². The van der Waals surface area contributed by atoms with Crippen molar-refractivity contribution in [2.24, 2.45) is 0 Å². The van der Waals surface area contributed by atoms with Gasteiger partial charge in [-0.1, -0.05) is 12.1 Å². The van der Waals surface area contributed by atoms with Gasteiger partial charge in [-0.2, -0.15) is 0 Å². The lowest BCUT2D eigenvalue weighted by atomic mass is 10.1. The normalized spacial score (nSPS) is 10.6. The molecule has 9 nitrogen and oxygen atoms in total. The van der Waals surface area contributed by atoms with E-state index in [1.807, 2.05) is 35.7 Å². The van der Waals surface area contributed by atoms with Gasteiger partial charge in [0.1, 0.15) is 18.0 Å². The van der Waals surface area contributed by atoms with E-state index in [0.29, 0.717) is 48.1 Å². The van der Waals surface area contributed by atoms with Gasteiger partial charge in [0.05, 0.1) is 47.2 Å². The van der Waals surface area contributed by atoms with Crippen molar-refractivity contribution in [1.29, 1.82) is 0 Å². The van der Waals surface area contributed by atoms with Crippen LogP contribution in [0.15, 0.2) is 53.9 Å². The van der Waals surface area contributed by atoms with Gasteiger partial charge in [0.25, 0.3) is 5.91 Å². The third kappa shape index (κ3) is 8.11. The minimum atomic E-state index is -0.323. The SMILES string of the molecule is COCCN(CC(=O)N(CCc1ccc(OC)c(OC)c1)Cc1cccs1)C(=O)c1ccc(OC)cc1OC. The molecule has 0 aliphatic rings. The van der Waals surface area contributed by atoms with Gasteiger partial charge in [0.15, 0.2) is 11.5 Å². The number of hydrogen-bond acceptors (Lipinski definition) is 8. The van der Waals surface area contributed by atoms with Gasteiger partial charge < -0.3 is 33.5 Å². The first-order valence-electron chi connectivity index (χ1n) is 12.4. The summed E-state index contributed by atoms with van der Waals surface area (Å²) in [7, 11) is 7.79. The van der Waals surface area contributed by atoms with Gasteiger partial charge in [0.2, 0.25) is 5.91 Å². The first-order valence-corrected chi connectivity index (χ1v) is 13.3. The van der Waals surface area contributed by atoms with E-state index in [-0.39, 0.29) is 31.5 Å². The summed E-state index contributed by atoms with van der Waals surface area (Å²) in [5.41, 5.74) is 1.35. The average molecular weight is 557 g/mol. The molecule has 0 N–H and O–H groups in total. The zero-order chi connectivity index (χ0) is 28.2.